The lowest BCUT2D eigenvalue weighted by Crippen LogP contribution is -2.02. The van der Waals surface area contributed by atoms with Crippen molar-refractivity contribution in [2.75, 3.05) is 0 Å². The van der Waals surface area contributed by atoms with Crippen LogP contribution in [0.5, 0.6) is 0 Å². The maximum atomic E-state index is 13.4. The summed E-state index contributed by atoms with van der Waals surface area (Å²) in [6, 6.07) is 8.50. The van der Waals surface area contributed by atoms with E-state index in [9.17, 15) is 9.50 Å². The number of hydrogen-bond donors (Lipinski definition) is 1. The van der Waals surface area contributed by atoms with Gasteiger partial charge in [0, 0.05) is 11.3 Å². The first-order valence-corrected chi connectivity index (χ1v) is 6.01. The van der Waals surface area contributed by atoms with E-state index in [-0.39, 0.29) is 5.82 Å². The Balaban J connectivity index is 2.13. The molecule has 1 aromatic heterocycles. The SMILES string of the molecule is Cc1cc(C(O)Cc2ccccc2F)cs1. The van der Waals surface area contributed by atoms with Crippen molar-refractivity contribution >= 4 is 11.3 Å². The van der Waals surface area contributed by atoms with E-state index in [1.807, 2.05) is 18.4 Å². The summed E-state index contributed by atoms with van der Waals surface area (Å²) in [7, 11) is 0. The molecular weight excluding hydrogens is 223 g/mol. The van der Waals surface area contributed by atoms with Gasteiger partial charge < -0.3 is 5.11 Å². The summed E-state index contributed by atoms with van der Waals surface area (Å²) in [5.74, 6) is -0.256. The van der Waals surface area contributed by atoms with Gasteiger partial charge in [0.25, 0.3) is 0 Å². The van der Waals surface area contributed by atoms with Crippen molar-refractivity contribution in [3.63, 3.8) is 0 Å². The zero-order valence-electron chi connectivity index (χ0n) is 8.98. The van der Waals surface area contributed by atoms with Crippen LogP contribution in [-0.4, -0.2) is 5.11 Å². The van der Waals surface area contributed by atoms with Gasteiger partial charge in [-0.25, -0.2) is 4.39 Å². The highest BCUT2D eigenvalue weighted by molar-refractivity contribution is 7.10. The third-order valence-corrected chi connectivity index (χ3v) is 3.39. The van der Waals surface area contributed by atoms with Crippen molar-refractivity contribution in [2.45, 2.75) is 19.4 Å². The lowest BCUT2D eigenvalue weighted by molar-refractivity contribution is 0.177. The lowest BCUT2D eigenvalue weighted by Gasteiger charge is -2.09. The molecule has 0 radical (unpaired) electrons. The van der Waals surface area contributed by atoms with Crippen molar-refractivity contribution < 1.29 is 9.50 Å². The Labute approximate surface area is 98.2 Å². The van der Waals surface area contributed by atoms with E-state index in [0.29, 0.717) is 12.0 Å². The average Bonchev–Trinajstić information content (AvgIpc) is 2.68. The molecule has 84 valence electrons. The molecule has 2 rings (SSSR count). The van der Waals surface area contributed by atoms with Gasteiger partial charge in [-0.3, -0.25) is 0 Å². The molecular formula is C13H13FOS. The Morgan fingerprint density at radius 3 is 2.75 bits per heavy atom. The predicted octanol–water partition coefficient (Wildman–Crippen LogP) is 3.47. The molecule has 1 atom stereocenters. The van der Waals surface area contributed by atoms with Crippen LogP contribution >= 0.6 is 11.3 Å². The van der Waals surface area contributed by atoms with E-state index in [2.05, 4.69) is 0 Å². The van der Waals surface area contributed by atoms with Gasteiger partial charge in [-0.15, -0.1) is 11.3 Å². The van der Waals surface area contributed by atoms with Crippen LogP contribution in [0.1, 0.15) is 22.1 Å². The number of benzene rings is 1. The number of thiophene rings is 1. The smallest absolute Gasteiger partial charge is 0.126 e. The fourth-order valence-electron chi connectivity index (χ4n) is 1.63. The Morgan fingerprint density at radius 1 is 1.38 bits per heavy atom. The molecule has 1 N–H and O–H groups in total. The number of halogens is 1. The monoisotopic (exact) mass is 236 g/mol. The number of aliphatic hydroxyl groups is 1. The molecule has 0 aliphatic carbocycles. The predicted molar refractivity (Wildman–Crippen MR) is 64.1 cm³/mol. The molecule has 1 nitrogen and oxygen atoms in total. The molecule has 0 saturated carbocycles. The highest BCUT2D eigenvalue weighted by Gasteiger charge is 2.12. The summed E-state index contributed by atoms with van der Waals surface area (Å²) in [5, 5.41) is 11.9. The fraction of sp³-hybridized carbons (Fsp3) is 0.231. The van der Waals surface area contributed by atoms with E-state index in [1.165, 1.54) is 6.07 Å². The second-order valence-corrected chi connectivity index (χ2v) is 4.92. The minimum Gasteiger partial charge on any atom is -0.388 e. The van der Waals surface area contributed by atoms with Gasteiger partial charge >= 0.3 is 0 Å². The largest absolute Gasteiger partial charge is 0.388 e. The fourth-order valence-corrected chi connectivity index (χ4v) is 2.38. The summed E-state index contributed by atoms with van der Waals surface area (Å²) in [6.07, 6.45) is -0.301. The summed E-state index contributed by atoms with van der Waals surface area (Å²) >= 11 is 1.59. The zero-order valence-corrected chi connectivity index (χ0v) is 9.80. The Hall–Kier alpha value is -1.19. The van der Waals surface area contributed by atoms with Crippen LogP contribution in [0, 0.1) is 12.7 Å². The third kappa shape index (κ3) is 2.49. The molecule has 0 aliphatic rings. The molecule has 16 heavy (non-hydrogen) atoms. The summed E-state index contributed by atoms with van der Waals surface area (Å²) in [4.78, 5) is 1.16. The molecule has 1 heterocycles. The molecule has 0 fully saturated rings. The van der Waals surface area contributed by atoms with Crippen LogP contribution in [-0.2, 0) is 6.42 Å². The lowest BCUT2D eigenvalue weighted by atomic mass is 10.0. The van der Waals surface area contributed by atoms with Crippen molar-refractivity contribution in [3.05, 3.63) is 57.5 Å². The maximum absolute atomic E-state index is 13.4. The van der Waals surface area contributed by atoms with E-state index in [1.54, 1.807) is 29.5 Å². The third-order valence-electron chi connectivity index (χ3n) is 2.51. The second kappa shape index (κ2) is 4.76. The van der Waals surface area contributed by atoms with Gasteiger partial charge in [-0.05, 0) is 35.6 Å². The van der Waals surface area contributed by atoms with E-state index >= 15 is 0 Å². The van der Waals surface area contributed by atoms with Crippen LogP contribution in [0.2, 0.25) is 0 Å². The normalized spacial score (nSPS) is 12.7. The van der Waals surface area contributed by atoms with E-state index in [0.717, 1.165) is 10.4 Å². The Morgan fingerprint density at radius 2 is 2.12 bits per heavy atom. The molecule has 3 heteroatoms. The van der Waals surface area contributed by atoms with Crippen molar-refractivity contribution in [3.8, 4) is 0 Å². The van der Waals surface area contributed by atoms with Crippen LogP contribution in [0.25, 0.3) is 0 Å². The van der Waals surface area contributed by atoms with Crippen LogP contribution < -0.4 is 0 Å². The zero-order chi connectivity index (χ0) is 11.5. The van der Waals surface area contributed by atoms with Gasteiger partial charge in [0.2, 0.25) is 0 Å². The highest BCUT2D eigenvalue weighted by atomic mass is 32.1. The molecule has 1 aromatic carbocycles. The number of aryl methyl sites for hydroxylation is 1. The first-order valence-electron chi connectivity index (χ1n) is 5.13. The first-order chi connectivity index (χ1) is 7.66. The molecule has 0 spiro atoms. The van der Waals surface area contributed by atoms with Crippen LogP contribution in [0.3, 0.4) is 0 Å². The summed E-state index contributed by atoms with van der Waals surface area (Å²) < 4.78 is 13.4. The number of rotatable bonds is 3. The highest BCUT2D eigenvalue weighted by Crippen LogP contribution is 2.24. The minimum absolute atomic E-state index is 0.256. The number of hydrogen-bond acceptors (Lipinski definition) is 2. The molecule has 2 aromatic rings. The van der Waals surface area contributed by atoms with Gasteiger partial charge in [0.05, 0.1) is 6.10 Å². The van der Waals surface area contributed by atoms with Crippen molar-refractivity contribution in [2.24, 2.45) is 0 Å². The number of aliphatic hydroxyl groups excluding tert-OH is 1. The summed E-state index contributed by atoms with van der Waals surface area (Å²) in [6.45, 7) is 1.99. The Bertz CT molecular complexity index is 478. The van der Waals surface area contributed by atoms with Crippen LogP contribution in [0.4, 0.5) is 4.39 Å². The Kier molecular flexibility index (Phi) is 3.36. The van der Waals surface area contributed by atoms with Crippen molar-refractivity contribution in [1.82, 2.24) is 0 Å². The molecule has 1 unspecified atom stereocenters. The van der Waals surface area contributed by atoms with Gasteiger partial charge in [-0.2, -0.15) is 0 Å². The first kappa shape index (κ1) is 11.3. The second-order valence-electron chi connectivity index (χ2n) is 3.80. The topological polar surface area (TPSA) is 20.2 Å². The van der Waals surface area contributed by atoms with Crippen molar-refractivity contribution in [1.29, 1.82) is 0 Å². The van der Waals surface area contributed by atoms with Gasteiger partial charge in [0.1, 0.15) is 5.82 Å². The molecule has 0 aliphatic heterocycles. The van der Waals surface area contributed by atoms with E-state index < -0.39 is 6.10 Å². The average molecular weight is 236 g/mol. The molecule has 0 saturated heterocycles. The standard InChI is InChI=1S/C13H13FOS/c1-9-6-11(8-16-9)13(15)7-10-4-2-3-5-12(10)14/h2-6,8,13,15H,7H2,1H3. The quantitative estimate of drug-likeness (QED) is 0.865. The summed E-state index contributed by atoms with van der Waals surface area (Å²) in [5.41, 5.74) is 1.42. The van der Waals surface area contributed by atoms with Gasteiger partial charge in [0.15, 0.2) is 0 Å². The molecule has 0 bridgehead atoms. The van der Waals surface area contributed by atoms with Crippen LogP contribution in [0.15, 0.2) is 35.7 Å². The van der Waals surface area contributed by atoms with E-state index in [4.69, 9.17) is 0 Å². The molecule has 0 amide bonds. The minimum atomic E-state index is -0.623. The maximum Gasteiger partial charge on any atom is 0.126 e. The van der Waals surface area contributed by atoms with Gasteiger partial charge in [-0.1, -0.05) is 18.2 Å².